The number of amides is 1. The van der Waals surface area contributed by atoms with Crippen molar-refractivity contribution in [3.8, 4) is 5.75 Å². The number of carbonyl (C=O) groups is 1. The van der Waals surface area contributed by atoms with Gasteiger partial charge in [0.2, 0.25) is 0 Å². The number of likely N-dealkylation sites (N-methyl/N-ethyl adjacent to an activating group) is 1. The number of thiazole rings is 1. The molecule has 0 atom stereocenters. The predicted molar refractivity (Wildman–Crippen MR) is 115 cm³/mol. The van der Waals surface area contributed by atoms with Gasteiger partial charge in [-0.25, -0.2) is 4.98 Å². The molecule has 0 fully saturated rings. The maximum Gasteiger partial charge on any atom is 0.573 e. The molecule has 0 N–H and O–H groups in total. The highest BCUT2D eigenvalue weighted by Crippen LogP contribution is 2.34. The monoisotopic (exact) mass is 455 g/mol. The van der Waals surface area contributed by atoms with Crippen molar-refractivity contribution < 1.29 is 22.7 Å². The Balaban J connectivity index is 1.96. The standard InChI is InChI=1S/C20H20F3N3O2S2/c1-25(2)9-10-26(18(27)13-5-4-6-15(11-13)29-3)19-24-16-8-7-14(12-17(16)30-19)28-20(21,22)23/h4-8,11-12H,9-10H2,1-3H3. The van der Waals surface area contributed by atoms with E-state index < -0.39 is 6.36 Å². The Hall–Kier alpha value is -2.30. The van der Waals surface area contributed by atoms with Gasteiger partial charge in [0.25, 0.3) is 5.91 Å². The first-order valence-electron chi connectivity index (χ1n) is 8.93. The molecule has 1 heterocycles. The summed E-state index contributed by atoms with van der Waals surface area (Å²) in [5, 5.41) is 0.426. The van der Waals surface area contributed by atoms with Gasteiger partial charge in [-0.05, 0) is 50.7 Å². The topological polar surface area (TPSA) is 45.7 Å². The molecule has 0 aliphatic heterocycles. The molecule has 0 bridgehead atoms. The van der Waals surface area contributed by atoms with Gasteiger partial charge in [-0.3, -0.25) is 9.69 Å². The molecule has 1 aromatic heterocycles. The van der Waals surface area contributed by atoms with Crippen molar-refractivity contribution in [1.29, 1.82) is 0 Å². The van der Waals surface area contributed by atoms with E-state index in [1.165, 1.54) is 30.0 Å². The molecule has 2 aromatic carbocycles. The van der Waals surface area contributed by atoms with Crippen molar-refractivity contribution >= 4 is 44.4 Å². The van der Waals surface area contributed by atoms with Gasteiger partial charge in [-0.15, -0.1) is 24.9 Å². The van der Waals surface area contributed by atoms with Gasteiger partial charge in [0.15, 0.2) is 5.13 Å². The van der Waals surface area contributed by atoms with Crippen LogP contribution >= 0.6 is 23.1 Å². The molecule has 0 radical (unpaired) electrons. The molecular weight excluding hydrogens is 435 g/mol. The van der Waals surface area contributed by atoms with Crippen LogP contribution in [-0.4, -0.2) is 55.6 Å². The minimum atomic E-state index is -4.77. The zero-order valence-electron chi connectivity index (χ0n) is 16.6. The summed E-state index contributed by atoms with van der Waals surface area (Å²) in [4.78, 5) is 22.2. The summed E-state index contributed by atoms with van der Waals surface area (Å²) in [5.74, 6) is -0.525. The summed E-state index contributed by atoms with van der Waals surface area (Å²) in [6.07, 6.45) is -2.83. The fraction of sp³-hybridized carbons (Fsp3) is 0.300. The third-order valence-electron chi connectivity index (χ3n) is 4.15. The molecule has 160 valence electrons. The fourth-order valence-corrected chi connectivity index (χ4v) is 4.18. The van der Waals surface area contributed by atoms with Crippen LogP contribution in [0.15, 0.2) is 47.4 Å². The van der Waals surface area contributed by atoms with Crippen LogP contribution in [0.25, 0.3) is 10.2 Å². The lowest BCUT2D eigenvalue weighted by atomic mass is 10.2. The molecule has 0 saturated heterocycles. The Bertz CT molecular complexity index is 1040. The molecule has 5 nitrogen and oxygen atoms in total. The van der Waals surface area contributed by atoms with Gasteiger partial charge in [0, 0.05) is 29.6 Å². The molecule has 0 saturated carbocycles. The molecule has 10 heteroatoms. The lowest BCUT2D eigenvalue weighted by molar-refractivity contribution is -0.274. The van der Waals surface area contributed by atoms with Crippen molar-refractivity contribution in [3.05, 3.63) is 48.0 Å². The highest BCUT2D eigenvalue weighted by Gasteiger charge is 2.31. The lowest BCUT2D eigenvalue weighted by Crippen LogP contribution is -2.36. The average molecular weight is 456 g/mol. The molecule has 3 aromatic rings. The van der Waals surface area contributed by atoms with Gasteiger partial charge in [0.1, 0.15) is 5.75 Å². The summed E-state index contributed by atoms with van der Waals surface area (Å²) in [6.45, 7) is 0.993. The van der Waals surface area contributed by atoms with Crippen LogP contribution in [0.3, 0.4) is 0 Å². The number of thioether (sulfide) groups is 1. The number of hydrogen-bond donors (Lipinski definition) is 0. The number of rotatable bonds is 7. The number of nitrogens with zero attached hydrogens (tertiary/aromatic N) is 3. The van der Waals surface area contributed by atoms with E-state index in [9.17, 15) is 18.0 Å². The Morgan fingerprint density at radius 3 is 2.60 bits per heavy atom. The van der Waals surface area contributed by atoms with Gasteiger partial charge in [0.05, 0.1) is 10.2 Å². The summed E-state index contributed by atoms with van der Waals surface area (Å²) >= 11 is 2.69. The SMILES string of the molecule is CSc1cccc(C(=O)N(CCN(C)C)c2nc3ccc(OC(F)(F)F)cc3s2)c1. The zero-order valence-corrected chi connectivity index (χ0v) is 18.2. The van der Waals surface area contributed by atoms with Crippen LogP contribution in [0.5, 0.6) is 5.75 Å². The van der Waals surface area contributed by atoms with Crippen LogP contribution in [-0.2, 0) is 0 Å². The third-order valence-corrected chi connectivity index (χ3v) is 5.91. The quantitative estimate of drug-likeness (QED) is 0.463. The predicted octanol–water partition coefficient (Wildman–Crippen LogP) is 5.13. The first kappa shape index (κ1) is 22.4. The number of fused-ring (bicyclic) bond motifs is 1. The number of anilines is 1. The van der Waals surface area contributed by atoms with Gasteiger partial charge >= 0.3 is 6.36 Å². The number of ether oxygens (including phenoxy) is 1. The molecule has 0 aliphatic carbocycles. The van der Waals surface area contributed by atoms with E-state index in [1.807, 2.05) is 43.5 Å². The average Bonchev–Trinajstić information content (AvgIpc) is 3.09. The first-order chi connectivity index (χ1) is 14.2. The third kappa shape index (κ3) is 5.65. The molecule has 30 heavy (non-hydrogen) atoms. The van der Waals surface area contributed by atoms with E-state index >= 15 is 0 Å². The minimum absolute atomic E-state index is 0.210. The van der Waals surface area contributed by atoms with Crippen LogP contribution < -0.4 is 9.64 Å². The fourth-order valence-electron chi connectivity index (χ4n) is 2.70. The summed E-state index contributed by atoms with van der Waals surface area (Å²) < 4.78 is 42.0. The largest absolute Gasteiger partial charge is 0.573 e. The van der Waals surface area contributed by atoms with Crippen LogP contribution in [0.2, 0.25) is 0 Å². The van der Waals surface area contributed by atoms with Crippen LogP contribution in [0, 0.1) is 0 Å². The number of benzene rings is 2. The van der Waals surface area contributed by atoms with Crippen molar-refractivity contribution in [3.63, 3.8) is 0 Å². The van der Waals surface area contributed by atoms with Gasteiger partial charge in [-0.2, -0.15) is 0 Å². The molecule has 0 unspecified atom stereocenters. The highest BCUT2D eigenvalue weighted by atomic mass is 32.2. The van der Waals surface area contributed by atoms with E-state index in [1.54, 1.807) is 11.0 Å². The number of alkyl halides is 3. The van der Waals surface area contributed by atoms with Crippen molar-refractivity contribution in [2.45, 2.75) is 11.3 Å². The molecule has 0 spiro atoms. The molecular formula is C20H20F3N3O2S2. The molecule has 3 rings (SSSR count). The van der Waals surface area contributed by atoms with Crippen molar-refractivity contribution in [1.82, 2.24) is 9.88 Å². The lowest BCUT2D eigenvalue weighted by Gasteiger charge is -2.22. The second kappa shape index (κ2) is 9.23. The molecule has 0 aliphatic rings. The van der Waals surface area contributed by atoms with E-state index in [0.717, 1.165) is 16.2 Å². The Kier molecular flexibility index (Phi) is 6.89. The summed E-state index contributed by atoms with van der Waals surface area (Å²) in [6, 6.07) is 11.3. The van der Waals surface area contributed by atoms with Gasteiger partial charge < -0.3 is 9.64 Å². The van der Waals surface area contributed by atoms with Crippen molar-refractivity contribution in [2.24, 2.45) is 0 Å². The van der Waals surface area contributed by atoms with E-state index in [4.69, 9.17) is 0 Å². The Morgan fingerprint density at radius 2 is 1.93 bits per heavy atom. The number of aromatic nitrogens is 1. The molecule has 1 amide bonds. The maximum absolute atomic E-state index is 13.2. The first-order valence-corrected chi connectivity index (χ1v) is 11.0. The Labute approximate surface area is 180 Å². The van der Waals surface area contributed by atoms with Gasteiger partial charge in [-0.1, -0.05) is 17.4 Å². The normalized spacial score (nSPS) is 11.8. The highest BCUT2D eigenvalue weighted by molar-refractivity contribution is 7.98. The second-order valence-corrected chi connectivity index (χ2v) is 8.55. The number of carbonyl (C=O) groups excluding carboxylic acids is 1. The smallest absolute Gasteiger partial charge is 0.406 e. The van der Waals surface area contributed by atoms with Crippen LogP contribution in [0.1, 0.15) is 10.4 Å². The zero-order chi connectivity index (χ0) is 21.9. The van der Waals surface area contributed by atoms with E-state index in [2.05, 4.69) is 9.72 Å². The van der Waals surface area contributed by atoms with E-state index in [-0.39, 0.29) is 11.7 Å². The van der Waals surface area contributed by atoms with Crippen molar-refractivity contribution in [2.75, 3.05) is 38.3 Å². The minimum Gasteiger partial charge on any atom is -0.406 e. The number of halogens is 3. The van der Waals surface area contributed by atoms with E-state index in [0.29, 0.717) is 34.0 Å². The summed E-state index contributed by atoms with van der Waals surface area (Å²) in [5.41, 5.74) is 1.03. The second-order valence-electron chi connectivity index (χ2n) is 6.67. The number of hydrogen-bond acceptors (Lipinski definition) is 6. The Morgan fingerprint density at radius 1 is 1.17 bits per heavy atom. The maximum atomic E-state index is 13.2. The van der Waals surface area contributed by atoms with Crippen LogP contribution in [0.4, 0.5) is 18.3 Å². The summed E-state index contributed by atoms with van der Waals surface area (Å²) in [7, 11) is 3.80.